The highest BCUT2D eigenvalue weighted by Crippen LogP contribution is 2.42. The molecule has 4 rings (SSSR count). The highest BCUT2D eigenvalue weighted by Gasteiger charge is 2.38. The second kappa shape index (κ2) is 14.2. The van der Waals surface area contributed by atoms with Crippen LogP contribution in [0.3, 0.4) is 0 Å². The predicted molar refractivity (Wildman–Crippen MR) is 158 cm³/mol. The molecular weight excluding hydrogens is 502 g/mol. The third-order valence-corrected chi connectivity index (χ3v) is 7.34. The van der Waals surface area contributed by atoms with Gasteiger partial charge in [-0.15, -0.1) is 6.58 Å². The van der Waals surface area contributed by atoms with Crippen molar-refractivity contribution in [2.24, 2.45) is 5.92 Å². The molecule has 0 bridgehead atoms. The van der Waals surface area contributed by atoms with Gasteiger partial charge in [0.05, 0.1) is 18.8 Å². The molecule has 0 saturated carbocycles. The molecule has 3 N–H and O–H groups in total. The summed E-state index contributed by atoms with van der Waals surface area (Å²) in [5.41, 5.74) is 6.05. The molecule has 212 valence electrons. The fourth-order valence-electron chi connectivity index (χ4n) is 5.10. The van der Waals surface area contributed by atoms with Gasteiger partial charge in [-0.25, -0.2) is 4.79 Å². The van der Waals surface area contributed by atoms with Crippen molar-refractivity contribution >= 4 is 6.03 Å². The van der Waals surface area contributed by atoms with Gasteiger partial charge in [-0.2, -0.15) is 0 Å². The Kier molecular flexibility index (Phi) is 10.5. The molecule has 7 heteroatoms. The maximum absolute atomic E-state index is 11.9. The summed E-state index contributed by atoms with van der Waals surface area (Å²) < 4.78 is 13.2. The number of aliphatic hydroxyl groups is 1. The molecule has 40 heavy (non-hydrogen) atoms. The Balaban J connectivity index is 1.56. The van der Waals surface area contributed by atoms with E-state index in [-0.39, 0.29) is 30.8 Å². The van der Waals surface area contributed by atoms with Crippen molar-refractivity contribution in [1.82, 2.24) is 15.5 Å². The van der Waals surface area contributed by atoms with Crippen LogP contribution < -0.4 is 10.6 Å². The molecule has 0 aromatic heterocycles. The van der Waals surface area contributed by atoms with Crippen LogP contribution in [0.4, 0.5) is 4.79 Å². The lowest BCUT2D eigenvalue weighted by Gasteiger charge is -2.42. The van der Waals surface area contributed by atoms with Crippen LogP contribution in [-0.2, 0) is 22.6 Å². The molecule has 1 aliphatic rings. The summed E-state index contributed by atoms with van der Waals surface area (Å²) in [4.78, 5) is 14.1. The van der Waals surface area contributed by atoms with Crippen LogP contribution in [0.15, 0.2) is 85.5 Å². The summed E-state index contributed by atoms with van der Waals surface area (Å²) in [6.45, 7) is 10.5. The number of carbonyl (C=O) groups excluding carboxylic acids is 1. The number of likely N-dealkylation sites (N-methyl/N-ethyl adjacent to an activating group) is 1. The molecule has 4 unspecified atom stereocenters. The Morgan fingerprint density at radius 1 is 1.00 bits per heavy atom. The average molecular weight is 544 g/mol. The Morgan fingerprint density at radius 3 is 2.38 bits per heavy atom. The number of hydrogen-bond acceptors (Lipinski definition) is 5. The van der Waals surface area contributed by atoms with Gasteiger partial charge in [0.1, 0.15) is 0 Å². The van der Waals surface area contributed by atoms with Gasteiger partial charge in [0.25, 0.3) is 0 Å². The normalized spacial score (nSPS) is 20.7. The standard InChI is InChI=1S/C33H41N3O4/c1-5-19-36(4)21-30-23(3)31(26-13-11-24(22-37)12-14-26)40-32(39-30)27-17-15-25(16-18-27)29-10-8-7-9-28(29)20-35-33(38)34-6-2/h5,7-18,23,30-32,37H,1,6,19-22H2,2-4H3,(H2,34,35,38). The first kappa shape index (κ1) is 29.5. The third-order valence-electron chi connectivity index (χ3n) is 7.34. The lowest BCUT2D eigenvalue weighted by molar-refractivity contribution is -0.275. The number of carbonyl (C=O) groups is 1. The Labute approximate surface area is 237 Å². The fourth-order valence-corrected chi connectivity index (χ4v) is 5.10. The summed E-state index contributed by atoms with van der Waals surface area (Å²) in [7, 11) is 2.07. The molecule has 2 amide bonds. The molecule has 1 fully saturated rings. The zero-order chi connectivity index (χ0) is 28.5. The summed E-state index contributed by atoms with van der Waals surface area (Å²) in [6.07, 6.45) is 1.17. The monoisotopic (exact) mass is 543 g/mol. The lowest BCUT2D eigenvalue weighted by atomic mass is 9.90. The molecule has 0 spiro atoms. The van der Waals surface area contributed by atoms with Crippen LogP contribution in [0.5, 0.6) is 0 Å². The first-order valence-corrected chi connectivity index (χ1v) is 13.9. The SMILES string of the molecule is C=CCN(C)CC1OC(c2ccc(-c3ccccc3CNC(=O)NCC)cc2)OC(c2ccc(CO)cc2)C1C. The first-order valence-electron chi connectivity index (χ1n) is 13.9. The number of nitrogens with one attached hydrogen (secondary N) is 2. The molecule has 1 heterocycles. The number of benzene rings is 3. The summed E-state index contributed by atoms with van der Waals surface area (Å²) >= 11 is 0. The van der Waals surface area contributed by atoms with E-state index in [9.17, 15) is 9.90 Å². The molecular formula is C33H41N3O4. The van der Waals surface area contributed by atoms with E-state index in [2.05, 4.69) is 66.4 Å². The number of rotatable bonds is 11. The lowest BCUT2D eigenvalue weighted by Crippen LogP contribution is -2.43. The van der Waals surface area contributed by atoms with E-state index < -0.39 is 6.29 Å². The van der Waals surface area contributed by atoms with Crippen molar-refractivity contribution in [2.45, 2.75) is 45.5 Å². The van der Waals surface area contributed by atoms with Gasteiger partial charge in [0.2, 0.25) is 0 Å². The summed E-state index contributed by atoms with van der Waals surface area (Å²) in [5, 5.41) is 15.2. The van der Waals surface area contributed by atoms with Gasteiger partial charge in [-0.05, 0) is 41.8 Å². The van der Waals surface area contributed by atoms with Gasteiger partial charge < -0.3 is 30.1 Å². The van der Waals surface area contributed by atoms with E-state index in [0.29, 0.717) is 13.1 Å². The van der Waals surface area contributed by atoms with Crippen LogP contribution >= 0.6 is 0 Å². The van der Waals surface area contributed by atoms with Crippen molar-refractivity contribution < 1.29 is 19.4 Å². The zero-order valence-corrected chi connectivity index (χ0v) is 23.7. The largest absolute Gasteiger partial charge is 0.392 e. The maximum atomic E-state index is 11.9. The van der Waals surface area contributed by atoms with E-state index in [1.165, 1.54) is 0 Å². The van der Waals surface area contributed by atoms with E-state index >= 15 is 0 Å². The smallest absolute Gasteiger partial charge is 0.315 e. The van der Waals surface area contributed by atoms with Crippen LogP contribution in [0, 0.1) is 5.92 Å². The van der Waals surface area contributed by atoms with Crippen LogP contribution in [0.2, 0.25) is 0 Å². The minimum atomic E-state index is -0.524. The quantitative estimate of drug-likeness (QED) is 0.275. The van der Waals surface area contributed by atoms with Crippen molar-refractivity contribution in [2.75, 3.05) is 26.7 Å². The molecule has 7 nitrogen and oxygen atoms in total. The Hall–Kier alpha value is -3.49. The molecule has 0 aliphatic carbocycles. The Morgan fingerprint density at radius 2 is 1.70 bits per heavy atom. The van der Waals surface area contributed by atoms with E-state index in [0.717, 1.165) is 46.5 Å². The number of nitrogens with zero attached hydrogens (tertiary/aromatic N) is 1. The number of aliphatic hydroxyl groups excluding tert-OH is 1. The van der Waals surface area contributed by atoms with Crippen LogP contribution in [0.1, 0.15) is 48.5 Å². The second-order valence-electron chi connectivity index (χ2n) is 10.3. The average Bonchev–Trinajstić information content (AvgIpc) is 2.98. The van der Waals surface area contributed by atoms with Gasteiger partial charge >= 0.3 is 6.03 Å². The van der Waals surface area contributed by atoms with Crippen LogP contribution in [0.25, 0.3) is 11.1 Å². The van der Waals surface area contributed by atoms with E-state index in [1.807, 2.05) is 55.5 Å². The summed E-state index contributed by atoms with van der Waals surface area (Å²) in [6, 6.07) is 24.1. The third kappa shape index (κ3) is 7.37. The second-order valence-corrected chi connectivity index (χ2v) is 10.3. The molecule has 3 aromatic carbocycles. The van der Waals surface area contributed by atoms with Crippen molar-refractivity contribution in [3.05, 3.63) is 108 Å². The summed E-state index contributed by atoms with van der Waals surface area (Å²) in [5.74, 6) is 0.118. The van der Waals surface area contributed by atoms with Gasteiger partial charge in [-0.3, -0.25) is 0 Å². The minimum absolute atomic E-state index is 0.0134. The van der Waals surface area contributed by atoms with E-state index in [1.54, 1.807) is 0 Å². The van der Waals surface area contributed by atoms with Crippen molar-refractivity contribution in [3.8, 4) is 11.1 Å². The topological polar surface area (TPSA) is 83.1 Å². The van der Waals surface area contributed by atoms with Crippen LogP contribution in [-0.4, -0.2) is 48.8 Å². The maximum Gasteiger partial charge on any atom is 0.315 e. The van der Waals surface area contributed by atoms with E-state index in [4.69, 9.17) is 9.47 Å². The molecule has 0 radical (unpaired) electrons. The molecule has 3 aromatic rings. The Bertz CT molecular complexity index is 1250. The highest BCUT2D eigenvalue weighted by molar-refractivity contribution is 5.74. The molecule has 1 saturated heterocycles. The number of ether oxygens (including phenoxy) is 2. The first-order chi connectivity index (χ1) is 19.4. The molecule has 4 atom stereocenters. The zero-order valence-electron chi connectivity index (χ0n) is 23.7. The van der Waals surface area contributed by atoms with Gasteiger partial charge in [-0.1, -0.05) is 85.8 Å². The highest BCUT2D eigenvalue weighted by atomic mass is 16.7. The van der Waals surface area contributed by atoms with Crippen molar-refractivity contribution in [1.29, 1.82) is 0 Å². The van der Waals surface area contributed by atoms with Gasteiger partial charge in [0.15, 0.2) is 6.29 Å². The van der Waals surface area contributed by atoms with Gasteiger partial charge in [0, 0.05) is 37.7 Å². The molecule has 1 aliphatic heterocycles. The van der Waals surface area contributed by atoms with Crippen molar-refractivity contribution in [3.63, 3.8) is 0 Å². The predicted octanol–water partition coefficient (Wildman–Crippen LogP) is 5.57. The number of urea groups is 1. The number of hydrogen-bond donors (Lipinski definition) is 3. The number of amides is 2. The fraction of sp³-hybridized carbons (Fsp3) is 0.364. The minimum Gasteiger partial charge on any atom is -0.392 e.